The highest BCUT2D eigenvalue weighted by molar-refractivity contribution is 5.91. The standard InChI is InChI=1S/C20H27NO/c1-12-9-13-10-15(22)4-5-16(13)17-7-8-20(2)14(11-21)3-6-18(20)19(12)17/h10,12,14,16-19H,3-9H2,1-2H3/t12-,14?,16?,17?,18?,19?,20?/m1/s1. The summed E-state index contributed by atoms with van der Waals surface area (Å²) in [6, 6.07) is 2.62. The van der Waals surface area contributed by atoms with Crippen molar-refractivity contribution in [2.24, 2.45) is 40.9 Å². The number of hydrogen-bond donors (Lipinski definition) is 0. The van der Waals surface area contributed by atoms with Gasteiger partial charge in [-0.1, -0.05) is 19.4 Å². The Balaban J connectivity index is 1.68. The van der Waals surface area contributed by atoms with Crippen molar-refractivity contribution in [3.63, 3.8) is 0 Å². The SMILES string of the molecule is C[C@@H]1CC2=CC(=O)CCC2C2CCC3(C)C(C#N)CCC3C21. The molecule has 7 atom stereocenters. The summed E-state index contributed by atoms with van der Waals surface area (Å²) in [6.07, 6.45) is 9.82. The van der Waals surface area contributed by atoms with Crippen molar-refractivity contribution < 1.29 is 4.79 Å². The summed E-state index contributed by atoms with van der Waals surface area (Å²) in [6.45, 7) is 4.80. The highest BCUT2D eigenvalue weighted by atomic mass is 16.1. The van der Waals surface area contributed by atoms with E-state index >= 15 is 0 Å². The molecule has 0 heterocycles. The average Bonchev–Trinajstić information content (AvgIpc) is 2.83. The Bertz CT molecular complexity index is 571. The van der Waals surface area contributed by atoms with Crippen molar-refractivity contribution in [1.82, 2.24) is 0 Å². The van der Waals surface area contributed by atoms with Crippen LogP contribution >= 0.6 is 0 Å². The molecule has 118 valence electrons. The van der Waals surface area contributed by atoms with Crippen LogP contribution in [0.25, 0.3) is 0 Å². The van der Waals surface area contributed by atoms with Gasteiger partial charge in [0.15, 0.2) is 5.78 Å². The molecule has 0 aliphatic heterocycles. The van der Waals surface area contributed by atoms with Crippen LogP contribution in [0.3, 0.4) is 0 Å². The normalized spacial score (nSPS) is 50.4. The number of nitrogens with zero attached hydrogens (tertiary/aromatic N) is 1. The number of carbonyl (C=O) groups excluding carboxylic acids is 1. The Hall–Kier alpha value is -1.10. The van der Waals surface area contributed by atoms with E-state index in [-0.39, 0.29) is 11.3 Å². The fourth-order valence-corrected chi connectivity index (χ4v) is 6.80. The third-order valence-electron chi connectivity index (χ3n) is 7.80. The average molecular weight is 297 g/mol. The number of nitriles is 1. The first-order chi connectivity index (χ1) is 10.5. The molecule has 2 nitrogen and oxygen atoms in total. The van der Waals surface area contributed by atoms with Crippen LogP contribution in [0.5, 0.6) is 0 Å². The van der Waals surface area contributed by atoms with Crippen LogP contribution in [0.2, 0.25) is 0 Å². The highest BCUT2D eigenvalue weighted by Crippen LogP contribution is 2.64. The first-order valence-corrected chi connectivity index (χ1v) is 9.17. The van der Waals surface area contributed by atoms with Crippen LogP contribution in [0.15, 0.2) is 11.6 Å². The maximum Gasteiger partial charge on any atom is 0.155 e. The summed E-state index contributed by atoms with van der Waals surface area (Å²) in [7, 11) is 0. The molecule has 3 fully saturated rings. The van der Waals surface area contributed by atoms with E-state index in [9.17, 15) is 10.1 Å². The summed E-state index contributed by atoms with van der Waals surface area (Å²) in [5.41, 5.74) is 1.72. The van der Waals surface area contributed by atoms with E-state index in [1.807, 2.05) is 6.08 Å². The second-order valence-corrected chi connectivity index (χ2v) is 8.66. The molecule has 6 unspecified atom stereocenters. The lowest BCUT2D eigenvalue weighted by Crippen LogP contribution is -2.49. The van der Waals surface area contributed by atoms with Gasteiger partial charge in [-0.2, -0.15) is 5.26 Å². The van der Waals surface area contributed by atoms with Gasteiger partial charge in [0.05, 0.1) is 12.0 Å². The first kappa shape index (κ1) is 14.5. The quantitative estimate of drug-likeness (QED) is 0.660. The van der Waals surface area contributed by atoms with Gasteiger partial charge in [0.2, 0.25) is 0 Å². The van der Waals surface area contributed by atoms with Gasteiger partial charge in [-0.3, -0.25) is 4.79 Å². The minimum absolute atomic E-state index is 0.260. The molecule has 0 radical (unpaired) electrons. The van der Waals surface area contributed by atoms with E-state index in [1.165, 1.54) is 24.8 Å². The van der Waals surface area contributed by atoms with Crippen LogP contribution in [0.1, 0.15) is 58.8 Å². The van der Waals surface area contributed by atoms with Crippen molar-refractivity contribution in [1.29, 1.82) is 5.26 Å². The summed E-state index contributed by atoms with van der Waals surface area (Å²) >= 11 is 0. The molecule has 0 N–H and O–H groups in total. The number of allylic oxidation sites excluding steroid dienone is 1. The molecule has 0 aromatic heterocycles. The first-order valence-electron chi connectivity index (χ1n) is 9.17. The molecule has 22 heavy (non-hydrogen) atoms. The summed E-state index contributed by atoms with van der Waals surface area (Å²) in [5.74, 6) is 4.28. The molecule has 4 aliphatic carbocycles. The minimum atomic E-state index is 0.260. The zero-order chi connectivity index (χ0) is 15.5. The molecule has 2 heteroatoms. The molecule has 0 aromatic rings. The van der Waals surface area contributed by atoms with Gasteiger partial charge in [-0.15, -0.1) is 0 Å². The van der Waals surface area contributed by atoms with Gasteiger partial charge in [-0.05, 0) is 79.6 Å². The smallest absolute Gasteiger partial charge is 0.155 e. The van der Waals surface area contributed by atoms with Gasteiger partial charge in [0.1, 0.15) is 0 Å². The lowest BCUT2D eigenvalue weighted by atomic mass is 9.49. The zero-order valence-electron chi connectivity index (χ0n) is 13.8. The third kappa shape index (κ3) is 1.87. The Morgan fingerprint density at radius 1 is 1.27 bits per heavy atom. The van der Waals surface area contributed by atoms with Crippen LogP contribution in [0, 0.1) is 52.3 Å². The van der Waals surface area contributed by atoms with Gasteiger partial charge < -0.3 is 0 Å². The summed E-state index contributed by atoms with van der Waals surface area (Å²) in [5, 5.41) is 9.55. The summed E-state index contributed by atoms with van der Waals surface area (Å²) < 4.78 is 0. The number of hydrogen-bond acceptors (Lipinski definition) is 2. The molecule has 0 bridgehead atoms. The number of ketones is 1. The molecule has 0 aromatic carbocycles. The largest absolute Gasteiger partial charge is 0.295 e. The highest BCUT2D eigenvalue weighted by Gasteiger charge is 2.57. The Morgan fingerprint density at radius 2 is 2.09 bits per heavy atom. The maximum atomic E-state index is 11.8. The monoisotopic (exact) mass is 297 g/mol. The third-order valence-corrected chi connectivity index (χ3v) is 7.80. The predicted molar refractivity (Wildman–Crippen MR) is 85.7 cm³/mol. The molecular weight excluding hydrogens is 270 g/mol. The number of carbonyl (C=O) groups is 1. The topological polar surface area (TPSA) is 40.9 Å². The number of rotatable bonds is 0. The maximum absolute atomic E-state index is 11.8. The molecule has 3 saturated carbocycles. The molecule has 0 saturated heterocycles. The van der Waals surface area contributed by atoms with E-state index in [0.29, 0.717) is 17.6 Å². The van der Waals surface area contributed by atoms with Crippen molar-refractivity contribution in [3.05, 3.63) is 11.6 Å². The lowest BCUT2D eigenvalue weighted by Gasteiger charge is -2.55. The Labute approximate surface area is 134 Å². The fraction of sp³-hybridized carbons (Fsp3) is 0.800. The molecule has 0 amide bonds. The van der Waals surface area contributed by atoms with Crippen LogP contribution < -0.4 is 0 Å². The van der Waals surface area contributed by atoms with Crippen LogP contribution in [0.4, 0.5) is 0 Å². The molecule has 4 rings (SSSR count). The van der Waals surface area contributed by atoms with Crippen molar-refractivity contribution >= 4 is 5.78 Å². The molecule has 4 aliphatic rings. The predicted octanol–water partition coefficient (Wildman–Crippen LogP) is 4.51. The summed E-state index contributed by atoms with van der Waals surface area (Å²) in [4.78, 5) is 11.8. The van der Waals surface area contributed by atoms with E-state index in [2.05, 4.69) is 19.9 Å². The van der Waals surface area contributed by atoms with E-state index in [0.717, 1.165) is 43.4 Å². The van der Waals surface area contributed by atoms with Crippen molar-refractivity contribution in [2.75, 3.05) is 0 Å². The number of fused-ring (bicyclic) bond motifs is 5. The van der Waals surface area contributed by atoms with Gasteiger partial charge in [0, 0.05) is 6.42 Å². The van der Waals surface area contributed by atoms with E-state index in [4.69, 9.17) is 0 Å². The van der Waals surface area contributed by atoms with Crippen molar-refractivity contribution in [3.8, 4) is 6.07 Å². The Morgan fingerprint density at radius 3 is 2.86 bits per heavy atom. The Kier molecular flexibility index (Phi) is 3.26. The van der Waals surface area contributed by atoms with Crippen molar-refractivity contribution in [2.45, 2.75) is 58.8 Å². The van der Waals surface area contributed by atoms with E-state index < -0.39 is 0 Å². The van der Waals surface area contributed by atoms with Gasteiger partial charge in [-0.25, -0.2) is 0 Å². The van der Waals surface area contributed by atoms with Gasteiger partial charge in [0.25, 0.3) is 0 Å². The minimum Gasteiger partial charge on any atom is -0.295 e. The van der Waals surface area contributed by atoms with Crippen LogP contribution in [-0.2, 0) is 4.79 Å². The lowest BCUT2D eigenvalue weighted by molar-refractivity contribution is -0.116. The van der Waals surface area contributed by atoms with Crippen LogP contribution in [-0.4, -0.2) is 5.78 Å². The molecular formula is C20H27NO. The second-order valence-electron chi connectivity index (χ2n) is 8.66. The fourth-order valence-electron chi connectivity index (χ4n) is 6.80. The van der Waals surface area contributed by atoms with E-state index in [1.54, 1.807) is 0 Å². The zero-order valence-corrected chi connectivity index (χ0v) is 13.8. The van der Waals surface area contributed by atoms with Gasteiger partial charge >= 0.3 is 0 Å². The molecule has 0 spiro atoms. The second kappa shape index (κ2) is 4.95.